The van der Waals surface area contributed by atoms with Gasteiger partial charge in [-0.2, -0.15) is 5.10 Å². The van der Waals surface area contributed by atoms with Crippen LogP contribution in [0.25, 0.3) is 5.65 Å². The van der Waals surface area contributed by atoms with Crippen molar-refractivity contribution >= 4 is 17.5 Å². The molecule has 3 aromatic heterocycles. The fourth-order valence-electron chi connectivity index (χ4n) is 4.94. The van der Waals surface area contributed by atoms with Crippen LogP contribution in [0.15, 0.2) is 30.5 Å². The highest BCUT2D eigenvalue weighted by atomic mass is 19.1. The van der Waals surface area contributed by atoms with Crippen molar-refractivity contribution in [2.45, 2.75) is 51.4 Å². The molecule has 0 bridgehead atoms. The molecule has 0 radical (unpaired) electrons. The minimum absolute atomic E-state index is 0.102. The molecule has 9 nitrogen and oxygen atoms in total. The van der Waals surface area contributed by atoms with Crippen molar-refractivity contribution in [3.05, 3.63) is 53.2 Å². The zero-order valence-corrected chi connectivity index (χ0v) is 19.3. The molecule has 1 saturated heterocycles. The van der Waals surface area contributed by atoms with Gasteiger partial charge in [0.05, 0.1) is 24.5 Å². The van der Waals surface area contributed by atoms with Gasteiger partial charge in [-0.25, -0.2) is 9.37 Å². The number of amides is 2. The molecule has 1 N–H and O–H groups in total. The summed E-state index contributed by atoms with van der Waals surface area (Å²) in [6.07, 6.45) is 3.41. The third-order valence-electron chi connectivity index (χ3n) is 6.88. The number of fused-ring (bicyclic) bond motifs is 2. The Balaban J connectivity index is 1.35. The van der Waals surface area contributed by atoms with Gasteiger partial charge in [0.2, 0.25) is 0 Å². The van der Waals surface area contributed by atoms with Crippen molar-refractivity contribution in [2.24, 2.45) is 0 Å². The number of carbonyl (C=O) groups is 2. The zero-order chi connectivity index (χ0) is 23.9. The van der Waals surface area contributed by atoms with Gasteiger partial charge in [0.15, 0.2) is 5.69 Å². The molecular formula is C24H29FN6O3. The highest BCUT2D eigenvalue weighted by Crippen LogP contribution is 2.27. The Hall–Kier alpha value is -3.27. The van der Waals surface area contributed by atoms with Crippen LogP contribution in [0.5, 0.6) is 0 Å². The number of alkyl halides is 1. The number of pyridine rings is 1. The molecule has 10 heteroatoms. The molecule has 2 amide bonds. The fraction of sp³-hybridized carbons (Fsp3) is 0.500. The van der Waals surface area contributed by atoms with Crippen molar-refractivity contribution in [3.63, 3.8) is 0 Å². The highest BCUT2D eigenvalue weighted by Gasteiger charge is 2.34. The minimum atomic E-state index is -1.63. The maximum Gasteiger partial charge on any atom is 0.274 e. The standard InChI is InChI=1S/C24H29FN6O3/c1-17-21(30-11-3-2-6-20(30)26-17)23(34)29-10-5-12-31-18(15-29)14-19(27-31)22(33)28-9-4-7-24(25,16-32)8-13-28/h2-3,6,11,14,32H,4-5,7-10,12-13,15-16H2,1H3. The molecular weight excluding hydrogens is 439 g/mol. The lowest BCUT2D eigenvalue weighted by atomic mass is 9.98. The molecule has 180 valence electrons. The maximum absolute atomic E-state index is 14.5. The third-order valence-corrected chi connectivity index (χ3v) is 6.88. The van der Waals surface area contributed by atoms with Crippen LogP contribution in [0.4, 0.5) is 4.39 Å². The second-order valence-electron chi connectivity index (χ2n) is 9.25. The average molecular weight is 469 g/mol. The van der Waals surface area contributed by atoms with E-state index in [1.807, 2.05) is 35.7 Å². The number of likely N-dealkylation sites (tertiary alicyclic amines) is 1. The molecule has 1 unspecified atom stereocenters. The molecule has 1 atom stereocenters. The van der Waals surface area contributed by atoms with E-state index in [1.54, 1.807) is 20.5 Å². The van der Waals surface area contributed by atoms with Crippen LogP contribution in [0.3, 0.4) is 0 Å². The molecule has 34 heavy (non-hydrogen) atoms. The largest absolute Gasteiger partial charge is 0.393 e. The number of aliphatic hydroxyl groups is 1. The number of rotatable bonds is 3. The Morgan fingerprint density at radius 1 is 1.09 bits per heavy atom. The van der Waals surface area contributed by atoms with Crippen LogP contribution in [0.1, 0.15) is 58.0 Å². The number of halogens is 1. The summed E-state index contributed by atoms with van der Waals surface area (Å²) >= 11 is 0. The molecule has 0 aromatic carbocycles. The molecule has 2 aliphatic heterocycles. The lowest BCUT2D eigenvalue weighted by molar-refractivity contribution is 0.0543. The zero-order valence-electron chi connectivity index (χ0n) is 19.3. The van der Waals surface area contributed by atoms with E-state index < -0.39 is 12.3 Å². The topological polar surface area (TPSA) is 96.0 Å². The molecule has 1 fully saturated rings. The van der Waals surface area contributed by atoms with Gasteiger partial charge in [0.25, 0.3) is 11.8 Å². The number of nitrogens with zero attached hydrogens (tertiary/aromatic N) is 6. The number of carbonyl (C=O) groups excluding carboxylic acids is 2. The summed E-state index contributed by atoms with van der Waals surface area (Å²) in [6, 6.07) is 7.38. The molecule has 2 aliphatic rings. The van der Waals surface area contributed by atoms with E-state index in [-0.39, 0.29) is 31.2 Å². The van der Waals surface area contributed by atoms with E-state index in [0.29, 0.717) is 56.1 Å². The number of aliphatic hydroxyl groups excluding tert-OH is 1. The lowest BCUT2D eigenvalue weighted by Crippen LogP contribution is -2.34. The van der Waals surface area contributed by atoms with Crippen molar-refractivity contribution < 1.29 is 19.1 Å². The first-order valence-electron chi connectivity index (χ1n) is 11.8. The van der Waals surface area contributed by atoms with Crippen LogP contribution >= 0.6 is 0 Å². The maximum atomic E-state index is 14.5. The Morgan fingerprint density at radius 2 is 1.91 bits per heavy atom. The first-order valence-corrected chi connectivity index (χ1v) is 11.8. The smallest absolute Gasteiger partial charge is 0.274 e. The van der Waals surface area contributed by atoms with Gasteiger partial charge >= 0.3 is 0 Å². The SMILES string of the molecule is Cc1nc2ccccn2c1C(=O)N1CCCn2nc(C(=O)N3CCCC(F)(CO)CC3)cc2C1. The van der Waals surface area contributed by atoms with Crippen LogP contribution in [0.2, 0.25) is 0 Å². The summed E-state index contributed by atoms with van der Waals surface area (Å²) in [5, 5.41) is 13.9. The number of aromatic nitrogens is 4. The average Bonchev–Trinajstić information content (AvgIpc) is 3.23. The van der Waals surface area contributed by atoms with Crippen molar-refractivity contribution in [1.82, 2.24) is 29.0 Å². The predicted molar refractivity (Wildman–Crippen MR) is 122 cm³/mol. The van der Waals surface area contributed by atoms with Gasteiger partial charge in [0, 0.05) is 38.8 Å². The van der Waals surface area contributed by atoms with Crippen molar-refractivity contribution in [3.8, 4) is 0 Å². The molecule has 3 aromatic rings. The van der Waals surface area contributed by atoms with Crippen LogP contribution in [-0.4, -0.2) is 77.8 Å². The van der Waals surface area contributed by atoms with Crippen LogP contribution < -0.4 is 0 Å². The molecule has 0 aliphatic carbocycles. The van der Waals surface area contributed by atoms with Crippen LogP contribution in [-0.2, 0) is 13.1 Å². The first kappa shape index (κ1) is 22.5. The molecule has 5 heterocycles. The summed E-state index contributed by atoms with van der Waals surface area (Å²) in [4.78, 5) is 34.5. The van der Waals surface area contributed by atoms with Gasteiger partial charge in [-0.1, -0.05) is 6.07 Å². The Bertz CT molecular complexity index is 1240. The number of imidazole rings is 1. The van der Waals surface area contributed by atoms with Gasteiger partial charge in [0.1, 0.15) is 17.0 Å². The Morgan fingerprint density at radius 3 is 2.74 bits per heavy atom. The summed E-state index contributed by atoms with van der Waals surface area (Å²) in [7, 11) is 0. The van der Waals surface area contributed by atoms with Crippen molar-refractivity contribution in [2.75, 3.05) is 26.2 Å². The molecule has 5 rings (SSSR count). The quantitative estimate of drug-likeness (QED) is 0.636. The number of hydrogen-bond acceptors (Lipinski definition) is 5. The van der Waals surface area contributed by atoms with Crippen LogP contribution in [0, 0.1) is 6.92 Å². The van der Waals surface area contributed by atoms with E-state index in [2.05, 4.69) is 10.1 Å². The van der Waals surface area contributed by atoms with E-state index in [1.165, 1.54) is 0 Å². The highest BCUT2D eigenvalue weighted by molar-refractivity contribution is 5.95. The normalized spacial score (nSPS) is 21.3. The van der Waals surface area contributed by atoms with Gasteiger partial charge in [-0.05, 0) is 44.4 Å². The van der Waals surface area contributed by atoms with E-state index in [4.69, 9.17) is 0 Å². The summed E-state index contributed by atoms with van der Waals surface area (Å²) in [5.41, 5.74) is 1.43. The molecule has 0 saturated carbocycles. The Labute approximate surface area is 196 Å². The second kappa shape index (κ2) is 8.83. The van der Waals surface area contributed by atoms with E-state index in [9.17, 15) is 19.1 Å². The third kappa shape index (κ3) is 4.06. The number of hydrogen-bond donors (Lipinski definition) is 1. The summed E-state index contributed by atoms with van der Waals surface area (Å²) in [5.74, 6) is -0.340. The Kier molecular flexibility index (Phi) is 5.85. The predicted octanol–water partition coefficient (Wildman–Crippen LogP) is 2.21. The fourth-order valence-corrected chi connectivity index (χ4v) is 4.94. The minimum Gasteiger partial charge on any atom is -0.393 e. The van der Waals surface area contributed by atoms with E-state index in [0.717, 1.165) is 11.3 Å². The van der Waals surface area contributed by atoms with E-state index >= 15 is 0 Å². The number of aryl methyl sites for hydroxylation is 2. The molecule has 0 spiro atoms. The second-order valence-corrected chi connectivity index (χ2v) is 9.25. The van der Waals surface area contributed by atoms with Crippen molar-refractivity contribution in [1.29, 1.82) is 0 Å². The van der Waals surface area contributed by atoms with Gasteiger partial charge in [-0.3, -0.25) is 18.7 Å². The summed E-state index contributed by atoms with van der Waals surface area (Å²) in [6.45, 7) is 3.53. The lowest BCUT2D eigenvalue weighted by Gasteiger charge is -2.22. The monoisotopic (exact) mass is 468 g/mol. The summed E-state index contributed by atoms with van der Waals surface area (Å²) < 4.78 is 18.2. The van der Waals surface area contributed by atoms with Gasteiger partial charge in [-0.15, -0.1) is 0 Å². The van der Waals surface area contributed by atoms with Gasteiger partial charge < -0.3 is 14.9 Å². The first-order chi connectivity index (χ1) is 16.4.